The van der Waals surface area contributed by atoms with Crippen molar-refractivity contribution in [3.05, 3.63) is 35.9 Å². The Hall–Kier alpha value is -0.900. The minimum absolute atomic E-state index is 0.0840. The average Bonchev–Trinajstić information content (AvgIpc) is 2.69. The molecular weight excluding hydrogens is 200 g/mol. The van der Waals surface area contributed by atoms with Crippen molar-refractivity contribution in [2.45, 2.75) is 37.5 Å². The summed E-state index contributed by atoms with van der Waals surface area (Å²) in [5.41, 5.74) is 6.93. The Morgan fingerprint density at radius 3 is 2.69 bits per heavy atom. The second-order valence-electron chi connectivity index (χ2n) is 4.53. The highest BCUT2D eigenvalue weighted by molar-refractivity contribution is 5.15. The number of aryl methyl sites for hydroxylation is 1. The lowest BCUT2D eigenvalue weighted by atomic mass is 10.0. The first-order valence-electron chi connectivity index (χ1n) is 5.97. The Bertz CT molecular complexity index is 315. The molecule has 3 unspecified atom stereocenters. The topological polar surface area (TPSA) is 58.3 Å². The number of aliphatic hydroxyl groups is 1. The normalized spacial score (nSPS) is 29.5. The van der Waals surface area contributed by atoms with Crippen molar-refractivity contribution < 1.29 is 5.11 Å². The van der Waals surface area contributed by atoms with Gasteiger partial charge >= 0.3 is 0 Å². The molecule has 1 aliphatic rings. The van der Waals surface area contributed by atoms with Gasteiger partial charge in [0.25, 0.3) is 0 Å². The van der Waals surface area contributed by atoms with Crippen LogP contribution in [-0.4, -0.2) is 29.8 Å². The van der Waals surface area contributed by atoms with E-state index in [4.69, 9.17) is 5.73 Å². The third kappa shape index (κ3) is 2.82. The van der Waals surface area contributed by atoms with E-state index < -0.39 is 0 Å². The molecule has 4 N–H and O–H groups in total. The first-order chi connectivity index (χ1) is 7.79. The number of nitrogens with one attached hydrogen (secondary N) is 1. The molecule has 3 atom stereocenters. The lowest BCUT2D eigenvalue weighted by Crippen LogP contribution is -2.39. The highest BCUT2D eigenvalue weighted by atomic mass is 16.3. The van der Waals surface area contributed by atoms with Crippen LogP contribution in [0.1, 0.15) is 18.4 Å². The molecule has 0 amide bonds. The number of rotatable bonds is 4. The van der Waals surface area contributed by atoms with E-state index in [1.54, 1.807) is 0 Å². The van der Waals surface area contributed by atoms with E-state index in [1.807, 2.05) is 6.07 Å². The summed E-state index contributed by atoms with van der Waals surface area (Å²) in [7, 11) is 0. The van der Waals surface area contributed by atoms with Gasteiger partial charge in [0, 0.05) is 18.6 Å². The summed E-state index contributed by atoms with van der Waals surface area (Å²) in [5, 5.41) is 13.1. The molecule has 1 aromatic rings. The fourth-order valence-corrected chi connectivity index (χ4v) is 2.35. The van der Waals surface area contributed by atoms with Gasteiger partial charge in [0.15, 0.2) is 0 Å². The number of hydrogen-bond acceptors (Lipinski definition) is 3. The minimum atomic E-state index is -0.272. The molecule has 1 aliphatic heterocycles. The minimum Gasteiger partial charge on any atom is -0.391 e. The first kappa shape index (κ1) is 11.6. The molecule has 0 aliphatic carbocycles. The zero-order valence-electron chi connectivity index (χ0n) is 9.47. The second kappa shape index (κ2) is 5.43. The molecule has 3 nitrogen and oxygen atoms in total. The molecule has 88 valence electrons. The molecule has 3 heteroatoms. The van der Waals surface area contributed by atoms with Gasteiger partial charge in [-0.1, -0.05) is 30.3 Å². The Morgan fingerprint density at radius 1 is 1.31 bits per heavy atom. The Morgan fingerprint density at radius 2 is 2.06 bits per heavy atom. The average molecular weight is 220 g/mol. The first-order valence-corrected chi connectivity index (χ1v) is 5.97. The third-order valence-corrected chi connectivity index (χ3v) is 3.32. The van der Waals surface area contributed by atoms with Crippen molar-refractivity contribution in [1.82, 2.24) is 5.32 Å². The maximum atomic E-state index is 9.71. The van der Waals surface area contributed by atoms with E-state index in [0.717, 1.165) is 19.3 Å². The van der Waals surface area contributed by atoms with Crippen LogP contribution >= 0.6 is 0 Å². The second-order valence-corrected chi connectivity index (χ2v) is 4.53. The molecule has 1 fully saturated rings. The van der Waals surface area contributed by atoms with E-state index >= 15 is 0 Å². The van der Waals surface area contributed by atoms with E-state index in [9.17, 15) is 5.11 Å². The molecule has 2 rings (SSSR count). The van der Waals surface area contributed by atoms with Gasteiger partial charge < -0.3 is 16.2 Å². The molecular formula is C13H20N2O. The van der Waals surface area contributed by atoms with Crippen LogP contribution in [0.25, 0.3) is 0 Å². The largest absolute Gasteiger partial charge is 0.391 e. The van der Waals surface area contributed by atoms with Gasteiger partial charge in [-0.15, -0.1) is 0 Å². The van der Waals surface area contributed by atoms with Crippen LogP contribution in [0, 0.1) is 0 Å². The van der Waals surface area contributed by atoms with Crippen molar-refractivity contribution in [3.63, 3.8) is 0 Å². The van der Waals surface area contributed by atoms with Crippen molar-refractivity contribution in [2.75, 3.05) is 6.54 Å². The lowest BCUT2D eigenvalue weighted by Gasteiger charge is -2.13. The Balaban J connectivity index is 1.80. The quantitative estimate of drug-likeness (QED) is 0.699. The van der Waals surface area contributed by atoms with Gasteiger partial charge in [0.05, 0.1) is 6.10 Å². The van der Waals surface area contributed by atoms with Gasteiger partial charge in [0.2, 0.25) is 0 Å². The SMILES string of the molecule is NCC1NC(CCc2ccccc2)CC1O. The van der Waals surface area contributed by atoms with Crippen LogP contribution in [0.2, 0.25) is 0 Å². The number of benzene rings is 1. The molecule has 1 saturated heterocycles. The summed E-state index contributed by atoms with van der Waals surface area (Å²) in [6, 6.07) is 10.9. The standard InChI is InChI=1S/C13H20N2O/c14-9-12-13(16)8-11(15-12)7-6-10-4-2-1-3-5-10/h1-5,11-13,15-16H,6-9,14H2. The molecule has 16 heavy (non-hydrogen) atoms. The van der Waals surface area contributed by atoms with E-state index in [-0.39, 0.29) is 12.1 Å². The van der Waals surface area contributed by atoms with Crippen molar-refractivity contribution in [1.29, 1.82) is 0 Å². The summed E-state index contributed by atoms with van der Waals surface area (Å²) >= 11 is 0. The number of hydrogen-bond donors (Lipinski definition) is 3. The maximum Gasteiger partial charge on any atom is 0.0720 e. The predicted molar refractivity (Wildman–Crippen MR) is 65.2 cm³/mol. The van der Waals surface area contributed by atoms with Crippen LogP contribution in [0.4, 0.5) is 0 Å². The van der Waals surface area contributed by atoms with Gasteiger partial charge in [-0.25, -0.2) is 0 Å². The highest BCUT2D eigenvalue weighted by Crippen LogP contribution is 2.17. The smallest absolute Gasteiger partial charge is 0.0720 e. The lowest BCUT2D eigenvalue weighted by molar-refractivity contribution is 0.161. The van der Waals surface area contributed by atoms with Crippen LogP contribution in [-0.2, 0) is 6.42 Å². The zero-order chi connectivity index (χ0) is 11.4. The van der Waals surface area contributed by atoms with E-state index in [2.05, 4.69) is 29.6 Å². The third-order valence-electron chi connectivity index (χ3n) is 3.32. The van der Waals surface area contributed by atoms with Crippen LogP contribution in [0.3, 0.4) is 0 Å². The highest BCUT2D eigenvalue weighted by Gasteiger charge is 2.30. The molecule has 0 aromatic heterocycles. The molecule has 0 bridgehead atoms. The Labute approximate surface area is 96.7 Å². The van der Waals surface area contributed by atoms with Gasteiger partial charge in [-0.2, -0.15) is 0 Å². The van der Waals surface area contributed by atoms with Gasteiger partial charge in [0.1, 0.15) is 0 Å². The Kier molecular flexibility index (Phi) is 3.93. The molecule has 0 saturated carbocycles. The van der Waals surface area contributed by atoms with E-state index in [1.165, 1.54) is 5.56 Å². The molecule has 1 heterocycles. The fourth-order valence-electron chi connectivity index (χ4n) is 2.35. The fraction of sp³-hybridized carbons (Fsp3) is 0.538. The summed E-state index contributed by atoms with van der Waals surface area (Å²) in [4.78, 5) is 0. The summed E-state index contributed by atoms with van der Waals surface area (Å²) in [6.07, 6.45) is 2.68. The van der Waals surface area contributed by atoms with Crippen LogP contribution < -0.4 is 11.1 Å². The van der Waals surface area contributed by atoms with E-state index in [0.29, 0.717) is 12.6 Å². The monoisotopic (exact) mass is 220 g/mol. The van der Waals surface area contributed by atoms with Crippen molar-refractivity contribution in [3.8, 4) is 0 Å². The summed E-state index contributed by atoms with van der Waals surface area (Å²) in [5.74, 6) is 0. The molecule has 1 aromatic carbocycles. The van der Waals surface area contributed by atoms with Crippen LogP contribution in [0.5, 0.6) is 0 Å². The zero-order valence-corrected chi connectivity index (χ0v) is 9.47. The number of aliphatic hydroxyl groups excluding tert-OH is 1. The van der Waals surface area contributed by atoms with Crippen molar-refractivity contribution in [2.24, 2.45) is 5.73 Å². The van der Waals surface area contributed by atoms with Crippen molar-refractivity contribution >= 4 is 0 Å². The molecule has 0 spiro atoms. The predicted octanol–water partition coefficient (Wildman–Crippen LogP) is 0.669. The number of nitrogens with two attached hydrogens (primary N) is 1. The van der Waals surface area contributed by atoms with Gasteiger partial charge in [-0.3, -0.25) is 0 Å². The summed E-state index contributed by atoms with van der Waals surface area (Å²) in [6.45, 7) is 0.517. The maximum absolute atomic E-state index is 9.71. The van der Waals surface area contributed by atoms with Gasteiger partial charge in [-0.05, 0) is 24.8 Å². The van der Waals surface area contributed by atoms with Crippen LogP contribution in [0.15, 0.2) is 30.3 Å². The summed E-state index contributed by atoms with van der Waals surface area (Å²) < 4.78 is 0. The molecule has 0 radical (unpaired) electrons.